The van der Waals surface area contributed by atoms with E-state index >= 15 is 0 Å². The van der Waals surface area contributed by atoms with Crippen LogP contribution in [0.15, 0.2) is 15.1 Å². The van der Waals surface area contributed by atoms with Crippen molar-refractivity contribution in [3.05, 3.63) is 20.8 Å². The van der Waals surface area contributed by atoms with Crippen molar-refractivity contribution in [2.75, 3.05) is 0 Å². The molecule has 2 N–H and O–H groups in total. The van der Waals surface area contributed by atoms with Gasteiger partial charge < -0.3 is 10.5 Å². The van der Waals surface area contributed by atoms with Crippen LogP contribution < -0.4 is 10.5 Å². The first-order valence-electron chi connectivity index (χ1n) is 3.64. The zero-order valence-electron chi connectivity index (χ0n) is 7.11. The number of rotatable bonds is 2. The van der Waals surface area contributed by atoms with Gasteiger partial charge in [-0.2, -0.15) is 0 Å². The molecule has 0 aliphatic heterocycles. The second-order valence-corrected chi connectivity index (χ2v) is 4.06. The van der Waals surface area contributed by atoms with Crippen molar-refractivity contribution in [2.24, 2.45) is 5.73 Å². The maximum Gasteiger partial charge on any atom is 0.573 e. The summed E-state index contributed by atoms with van der Waals surface area (Å²) in [6.07, 6.45) is -4.74. The van der Waals surface area contributed by atoms with Crippen LogP contribution in [0.25, 0.3) is 0 Å². The lowest BCUT2D eigenvalue weighted by Crippen LogP contribution is -2.18. The van der Waals surface area contributed by atoms with Gasteiger partial charge in [-0.25, -0.2) is 4.98 Å². The third-order valence-electron chi connectivity index (χ3n) is 1.38. The van der Waals surface area contributed by atoms with Gasteiger partial charge in [-0.15, -0.1) is 13.2 Å². The molecule has 0 bridgehead atoms. The van der Waals surface area contributed by atoms with Gasteiger partial charge in [0.25, 0.3) is 0 Å². The molecule has 0 unspecified atom stereocenters. The topological polar surface area (TPSA) is 48.1 Å². The molecule has 1 heterocycles. The van der Waals surface area contributed by atoms with Crippen LogP contribution in [0.1, 0.15) is 5.69 Å². The molecule has 0 aliphatic carbocycles. The Morgan fingerprint density at radius 2 is 2.00 bits per heavy atom. The molecule has 0 atom stereocenters. The van der Waals surface area contributed by atoms with Crippen LogP contribution in [0.5, 0.6) is 5.75 Å². The molecule has 0 radical (unpaired) electrons. The molecule has 0 fully saturated rings. The van der Waals surface area contributed by atoms with Gasteiger partial charge in [-0.1, -0.05) is 0 Å². The normalized spacial score (nSPS) is 11.6. The first-order chi connectivity index (χ1) is 6.83. The number of halogens is 5. The Kier molecular flexibility index (Phi) is 3.96. The summed E-state index contributed by atoms with van der Waals surface area (Å²) >= 11 is 5.90. The molecule has 84 valence electrons. The third-order valence-corrected chi connectivity index (χ3v) is 2.64. The quantitative estimate of drug-likeness (QED) is 0.835. The minimum Gasteiger partial charge on any atom is -0.404 e. The maximum absolute atomic E-state index is 12.0. The van der Waals surface area contributed by atoms with Gasteiger partial charge in [0.2, 0.25) is 0 Å². The van der Waals surface area contributed by atoms with E-state index in [4.69, 9.17) is 5.73 Å². The van der Waals surface area contributed by atoms with E-state index in [9.17, 15) is 13.2 Å². The van der Waals surface area contributed by atoms with E-state index in [1.54, 1.807) is 0 Å². The molecule has 0 saturated carbocycles. The fraction of sp³-hybridized carbons (Fsp3) is 0.286. The first kappa shape index (κ1) is 12.7. The molecule has 1 rings (SSSR count). The van der Waals surface area contributed by atoms with Gasteiger partial charge >= 0.3 is 6.36 Å². The highest BCUT2D eigenvalue weighted by atomic mass is 79.9. The summed E-state index contributed by atoms with van der Waals surface area (Å²) in [7, 11) is 0. The van der Waals surface area contributed by atoms with Crippen molar-refractivity contribution < 1.29 is 17.9 Å². The van der Waals surface area contributed by atoms with Crippen LogP contribution in [-0.2, 0) is 6.54 Å². The van der Waals surface area contributed by atoms with Crippen molar-refractivity contribution in [2.45, 2.75) is 12.9 Å². The smallest absolute Gasteiger partial charge is 0.404 e. The van der Waals surface area contributed by atoms with Gasteiger partial charge in [0.1, 0.15) is 10.4 Å². The van der Waals surface area contributed by atoms with Gasteiger partial charge in [0, 0.05) is 12.6 Å². The molecule has 0 aromatic carbocycles. The number of aromatic nitrogens is 1. The van der Waals surface area contributed by atoms with Crippen molar-refractivity contribution in [1.29, 1.82) is 0 Å². The summed E-state index contributed by atoms with van der Waals surface area (Å²) in [6.45, 7) is 0.00818. The Morgan fingerprint density at radius 3 is 2.47 bits per heavy atom. The highest BCUT2D eigenvalue weighted by molar-refractivity contribution is 9.11. The fourth-order valence-electron chi connectivity index (χ4n) is 0.858. The van der Waals surface area contributed by atoms with E-state index in [1.807, 2.05) is 0 Å². The Balaban J connectivity index is 3.12. The standard InChI is InChI=1S/C7H5Br2F3N2O/c8-5-1-4(15-7(10,11)12)6(9)3(2-13)14-5/h1H,2,13H2. The Labute approximate surface area is 100 Å². The highest BCUT2D eigenvalue weighted by Crippen LogP contribution is 2.33. The van der Waals surface area contributed by atoms with Crippen LogP contribution in [0, 0.1) is 0 Å². The van der Waals surface area contributed by atoms with Gasteiger partial charge in [0.15, 0.2) is 0 Å². The fourth-order valence-corrected chi connectivity index (χ4v) is 1.73. The number of pyridine rings is 1. The highest BCUT2D eigenvalue weighted by Gasteiger charge is 2.32. The lowest BCUT2D eigenvalue weighted by molar-refractivity contribution is -0.275. The van der Waals surface area contributed by atoms with E-state index in [1.165, 1.54) is 0 Å². The van der Waals surface area contributed by atoms with Crippen LogP contribution >= 0.6 is 31.9 Å². The Hall–Kier alpha value is -0.340. The van der Waals surface area contributed by atoms with Gasteiger partial charge in [0.05, 0.1) is 10.2 Å². The molecule has 1 aromatic heterocycles. The number of nitrogens with two attached hydrogens (primary N) is 1. The molecular formula is C7H5Br2F3N2O. The second kappa shape index (κ2) is 4.67. The van der Waals surface area contributed by atoms with Crippen molar-refractivity contribution in [1.82, 2.24) is 4.98 Å². The largest absolute Gasteiger partial charge is 0.573 e. The molecule has 0 spiro atoms. The summed E-state index contributed by atoms with van der Waals surface area (Å²) in [6, 6.07) is 1.11. The van der Waals surface area contributed by atoms with Crippen LogP contribution in [0.3, 0.4) is 0 Å². The summed E-state index contributed by atoms with van der Waals surface area (Å²) in [5.74, 6) is -0.371. The molecule has 8 heteroatoms. The SMILES string of the molecule is NCc1nc(Br)cc(OC(F)(F)F)c1Br. The van der Waals surface area contributed by atoms with Crippen molar-refractivity contribution >= 4 is 31.9 Å². The zero-order chi connectivity index (χ0) is 11.6. The third kappa shape index (κ3) is 3.62. The molecule has 0 saturated heterocycles. The average Bonchev–Trinajstić information content (AvgIpc) is 2.08. The molecule has 15 heavy (non-hydrogen) atoms. The van der Waals surface area contributed by atoms with E-state index in [0.29, 0.717) is 0 Å². The lowest BCUT2D eigenvalue weighted by atomic mass is 10.3. The van der Waals surface area contributed by atoms with E-state index in [-0.39, 0.29) is 27.1 Å². The molecule has 3 nitrogen and oxygen atoms in total. The summed E-state index contributed by atoms with van der Waals surface area (Å²) < 4.78 is 40.0. The van der Waals surface area contributed by atoms with Gasteiger partial charge in [-0.3, -0.25) is 0 Å². The number of nitrogens with zero attached hydrogens (tertiary/aromatic N) is 1. The van der Waals surface area contributed by atoms with Crippen LogP contribution in [0.2, 0.25) is 0 Å². The second-order valence-electron chi connectivity index (χ2n) is 2.46. The minimum atomic E-state index is -4.74. The van der Waals surface area contributed by atoms with E-state index < -0.39 is 6.36 Å². The van der Waals surface area contributed by atoms with Gasteiger partial charge in [-0.05, 0) is 31.9 Å². The molecule has 0 aliphatic rings. The molecule has 1 aromatic rings. The Morgan fingerprint density at radius 1 is 1.40 bits per heavy atom. The summed E-state index contributed by atoms with van der Waals surface area (Å²) in [4.78, 5) is 3.88. The lowest BCUT2D eigenvalue weighted by Gasteiger charge is -2.12. The van der Waals surface area contributed by atoms with Crippen LogP contribution in [0.4, 0.5) is 13.2 Å². The van der Waals surface area contributed by atoms with Crippen LogP contribution in [-0.4, -0.2) is 11.3 Å². The summed E-state index contributed by atoms with van der Waals surface area (Å²) in [5.41, 5.74) is 5.58. The van der Waals surface area contributed by atoms with E-state index in [2.05, 4.69) is 41.6 Å². The first-order valence-corrected chi connectivity index (χ1v) is 5.23. The minimum absolute atomic E-state index is 0.00818. The summed E-state index contributed by atoms with van der Waals surface area (Å²) in [5, 5.41) is 0. The number of hydrogen-bond acceptors (Lipinski definition) is 3. The zero-order valence-corrected chi connectivity index (χ0v) is 10.3. The van der Waals surface area contributed by atoms with Crippen molar-refractivity contribution in [3.8, 4) is 5.75 Å². The number of hydrogen-bond donors (Lipinski definition) is 1. The maximum atomic E-state index is 12.0. The average molecular weight is 350 g/mol. The van der Waals surface area contributed by atoms with E-state index in [0.717, 1.165) is 6.07 Å². The molecule has 0 amide bonds. The number of alkyl halides is 3. The predicted molar refractivity (Wildman–Crippen MR) is 54.2 cm³/mol. The molecular weight excluding hydrogens is 345 g/mol. The van der Waals surface area contributed by atoms with Crippen molar-refractivity contribution in [3.63, 3.8) is 0 Å². The predicted octanol–water partition coefficient (Wildman–Crippen LogP) is 2.96. The Bertz CT molecular complexity index is 370. The number of ether oxygens (including phenoxy) is 1. The monoisotopic (exact) mass is 348 g/mol.